The molecular formula is C9H17NO3S2. The summed E-state index contributed by atoms with van der Waals surface area (Å²) in [5.41, 5.74) is 0. The molecule has 88 valence electrons. The third-order valence-corrected chi connectivity index (χ3v) is 5.87. The van der Waals surface area contributed by atoms with Crippen molar-refractivity contribution < 1.29 is 13.5 Å². The summed E-state index contributed by atoms with van der Waals surface area (Å²) in [5, 5.41) is 10.3. The first-order valence-electron chi connectivity index (χ1n) is 5.22. The van der Waals surface area contributed by atoms with Crippen LogP contribution in [0.5, 0.6) is 0 Å². The van der Waals surface area contributed by atoms with Crippen LogP contribution in [0.3, 0.4) is 0 Å². The molecule has 0 saturated carbocycles. The van der Waals surface area contributed by atoms with E-state index in [1.165, 1.54) is 0 Å². The first kappa shape index (κ1) is 11.7. The minimum Gasteiger partial charge on any atom is -0.390 e. The lowest BCUT2D eigenvalue weighted by molar-refractivity contribution is 0.0861. The smallest absolute Gasteiger partial charge is 0.154 e. The summed E-state index contributed by atoms with van der Waals surface area (Å²) in [6, 6.07) is -0.168. The Morgan fingerprint density at radius 1 is 1.40 bits per heavy atom. The number of hydrogen-bond donors (Lipinski definition) is 1. The first-order valence-corrected chi connectivity index (χ1v) is 8.09. The van der Waals surface area contributed by atoms with Crippen molar-refractivity contribution in [3.63, 3.8) is 0 Å². The van der Waals surface area contributed by atoms with Crippen molar-refractivity contribution >= 4 is 21.6 Å². The van der Waals surface area contributed by atoms with Crippen molar-refractivity contribution in [3.05, 3.63) is 0 Å². The molecule has 0 aromatic carbocycles. The second kappa shape index (κ2) is 4.24. The van der Waals surface area contributed by atoms with Gasteiger partial charge >= 0.3 is 0 Å². The molecule has 2 heterocycles. The first-order chi connectivity index (χ1) is 6.98. The molecule has 0 spiro atoms. The molecule has 15 heavy (non-hydrogen) atoms. The fourth-order valence-corrected chi connectivity index (χ4v) is 5.18. The lowest BCUT2D eigenvalue weighted by Gasteiger charge is -2.35. The van der Waals surface area contributed by atoms with Gasteiger partial charge in [0.25, 0.3) is 0 Å². The largest absolute Gasteiger partial charge is 0.390 e. The topological polar surface area (TPSA) is 57.6 Å². The third kappa shape index (κ3) is 2.67. The molecule has 0 radical (unpaired) electrons. The summed E-state index contributed by atoms with van der Waals surface area (Å²) in [4.78, 5) is 2.14. The lowest BCUT2D eigenvalue weighted by Crippen LogP contribution is -2.48. The van der Waals surface area contributed by atoms with Crippen molar-refractivity contribution in [1.29, 1.82) is 0 Å². The van der Waals surface area contributed by atoms with Gasteiger partial charge in [-0.05, 0) is 0 Å². The zero-order valence-corrected chi connectivity index (χ0v) is 10.4. The molecular weight excluding hydrogens is 234 g/mol. The quantitative estimate of drug-likeness (QED) is 0.686. The van der Waals surface area contributed by atoms with Crippen LogP contribution in [-0.2, 0) is 9.84 Å². The van der Waals surface area contributed by atoms with Gasteiger partial charge in [-0.1, -0.05) is 6.92 Å². The second-order valence-electron chi connectivity index (χ2n) is 4.39. The molecule has 3 atom stereocenters. The van der Waals surface area contributed by atoms with E-state index in [4.69, 9.17) is 0 Å². The summed E-state index contributed by atoms with van der Waals surface area (Å²) < 4.78 is 22.8. The van der Waals surface area contributed by atoms with E-state index in [1.807, 2.05) is 11.8 Å². The van der Waals surface area contributed by atoms with Crippen LogP contribution in [0.4, 0.5) is 0 Å². The molecule has 0 aromatic rings. The van der Waals surface area contributed by atoms with Gasteiger partial charge in [0.1, 0.15) is 0 Å². The van der Waals surface area contributed by atoms with E-state index < -0.39 is 15.9 Å². The van der Waals surface area contributed by atoms with Crippen molar-refractivity contribution in [3.8, 4) is 0 Å². The number of thioether (sulfide) groups is 1. The summed E-state index contributed by atoms with van der Waals surface area (Å²) in [5.74, 6) is 1.10. The van der Waals surface area contributed by atoms with Gasteiger partial charge in [0.15, 0.2) is 9.84 Å². The number of hydrogen-bond acceptors (Lipinski definition) is 5. The molecule has 0 bridgehead atoms. The highest BCUT2D eigenvalue weighted by molar-refractivity contribution is 8.00. The van der Waals surface area contributed by atoms with Gasteiger partial charge in [0.2, 0.25) is 0 Å². The highest BCUT2D eigenvalue weighted by atomic mass is 32.2. The number of aliphatic hydroxyl groups is 1. The highest BCUT2D eigenvalue weighted by Crippen LogP contribution is 2.24. The Morgan fingerprint density at radius 3 is 2.67 bits per heavy atom. The molecule has 3 unspecified atom stereocenters. The molecule has 2 aliphatic heterocycles. The van der Waals surface area contributed by atoms with Gasteiger partial charge in [-0.25, -0.2) is 8.42 Å². The van der Waals surface area contributed by atoms with Crippen molar-refractivity contribution in [2.75, 3.05) is 30.3 Å². The van der Waals surface area contributed by atoms with E-state index in [0.717, 1.165) is 18.8 Å². The number of nitrogens with zero attached hydrogens (tertiary/aromatic N) is 1. The molecule has 1 N–H and O–H groups in total. The molecule has 0 aromatic heterocycles. The Hall–Kier alpha value is 0.220. The Balaban J connectivity index is 2.04. The minimum atomic E-state index is -3.01. The van der Waals surface area contributed by atoms with Gasteiger partial charge in [-0.3, -0.25) is 4.90 Å². The van der Waals surface area contributed by atoms with Crippen molar-refractivity contribution in [2.45, 2.75) is 24.3 Å². The molecule has 2 fully saturated rings. The number of aliphatic hydroxyl groups excluding tert-OH is 1. The second-order valence-corrected chi connectivity index (χ2v) is 8.09. The SMILES string of the molecule is CC1CN(C2CS(=O)(=O)CC2O)CCS1. The Labute approximate surface area is 94.9 Å². The van der Waals surface area contributed by atoms with Crippen LogP contribution < -0.4 is 0 Å². The Bertz CT molecular complexity index is 330. The maximum atomic E-state index is 11.4. The van der Waals surface area contributed by atoms with Crippen molar-refractivity contribution in [2.24, 2.45) is 0 Å². The Kier molecular flexibility index (Phi) is 3.30. The average Bonchev–Trinajstić information content (AvgIpc) is 2.40. The fourth-order valence-electron chi connectivity index (χ4n) is 2.31. The number of sulfone groups is 1. The van der Waals surface area contributed by atoms with Crippen LogP contribution >= 0.6 is 11.8 Å². The zero-order chi connectivity index (χ0) is 11.1. The summed E-state index contributed by atoms with van der Waals surface area (Å²) in [6.07, 6.45) is -0.690. The van der Waals surface area contributed by atoms with Crippen LogP contribution in [0.1, 0.15) is 6.92 Å². The molecule has 2 aliphatic rings. The predicted octanol–water partition coefficient (Wildman–Crippen LogP) is -0.418. The minimum absolute atomic E-state index is 0.0598. The van der Waals surface area contributed by atoms with Gasteiger partial charge in [0, 0.05) is 24.1 Å². The van der Waals surface area contributed by atoms with E-state index in [9.17, 15) is 13.5 Å². The van der Waals surface area contributed by atoms with Gasteiger partial charge < -0.3 is 5.11 Å². The van der Waals surface area contributed by atoms with Gasteiger partial charge in [-0.15, -0.1) is 0 Å². The van der Waals surface area contributed by atoms with E-state index in [-0.39, 0.29) is 17.5 Å². The number of rotatable bonds is 1. The third-order valence-electron chi connectivity index (χ3n) is 3.04. The molecule has 2 saturated heterocycles. The van der Waals surface area contributed by atoms with Crippen LogP contribution in [0.2, 0.25) is 0 Å². The summed E-state index contributed by atoms with van der Waals surface area (Å²) in [6.45, 7) is 3.93. The zero-order valence-electron chi connectivity index (χ0n) is 8.80. The van der Waals surface area contributed by atoms with Gasteiger partial charge in [-0.2, -0.15) is 11.8 Å². The molecule has 2 rings (SSSR count). The summed E-state index contributed by atoms with van der Waals surface area (Å²) in [7, 11) is -3.01. The fraction of sp³-hybridized carbons (Fsp3) is 1.00. The molecule has 6 heteroatoms. The van der Waals surface area contributed by atoms with E-state index in [1.54, 1.807) is 0 Å². The van der Waals surface area contributed by atoms with Crippen LogP contribution in [0, 0.1) is 0 Å². The van der Waals surface area contributed by atoms with Crippen molar-refractivity contribution in [1.82, 2.24) is 4.90 Å². The normalized spacial score (nSPS) is 41.9. The molecule has 4 nitrogen and oxygen atoms in total. The van der Waals surface area contributed by atoms with Crippen LogP contribution in [-0.4, -0.2) is 66.2 Å². The molecule has 0 aliphatic carbocycles. The summed E-state index contributed by atoms with van der Waals surface area (Å²) >= 11 is 1.91. The Morgan fingerprint density at radius 2 is 2.13 bits per heavy atom. The van der Waals surface area contributed by atoms with E-state index in [0.29, 0.717) is 5.25 Å². The van der Waals surface area contributed by atoms with E-state index in [2.05, 4.69) is 11.8 Å². The highest BCUT2D eigenvalue weighted by Gasteiger charge is 2.40. The van der Waals surface area contributed by atoms with Crippen LogP contribution in [0.25, 0.3) is 0 Å². The molecule has 0 amide bonds. The van der Waals surface area contributed by atoms with Crippen LogP contribution in [0.15, 0.2) is 0 Å². The van der Waals surface area contributed by atoms with E-state index >= 15 is 0 Å². The maximum Gasteiger partial charge on any atom is 0.154 e. The average molecular weight is 251 g/mol. The lowest BCUT2D eigenvalue weighted by atomic mass is 10.1. The monoisotopic (exact) mass is 251 g/mol. The predicted molar refractivity (Wildman–Crippen MR) is 61.9 cm³/mol. The standard InChI is InChI=1S/C9H17NO3S2/c1-7-4-10(2-3-14-7)8-5-15(12,13)6-9(8)11/h7-9,11H,2-6H2,1H3. The maximum absolute atomic E-state index is 11.4. The van der Waals surface area contributed by atoms with Gasteiger partial charge in [0.05, 0.1) is 23.7 Å².